The van der Waals surface area contributed by atoms with E-state index in [0.29, 0.717) is 5.92 Å². The van der Waals surface area contributed by atoms with Gasteiger partial charge in [-0.15, -0.1) is 0 Å². The van der Waals surface area contributed by atoms with Gasteiger partial charge in [-0.2, -0.15) is 0 Å². The van der Waals surface area contributed by atoms with E-state index < -0.39 is 0 Å². The Bertz CT molecular complexity index is 567. The third-order valence-electron chi connectivity index (χ3n) is 4.60. The normalized spacial score (nSPS) is 17.9. The molecule has 1 fully saturated rings. The Labute approximate surface area is 121 Å². The van der Waals surface area contributed by atoms with Crippen molar-refractivity contribution in [3.05, 3.63) is 30.1 Å². The van der Waals surface area contributed by atoms with Gasteiger partial charge in [-0.3, -0.25) is 0 Å². The monoisotopic (exact) mass is 271 g/mol. The maximum absolute atomic E-state index is 6.44. The average molecular weight is 271 g/mol. The molecule has 1 atom stereocenters. The molecule has 2 aromatic rings. The lowest BCUT2D eigenvalue weighted by atomic mass is 9.96. The molecule has 1 aromatic carbocycles. The standard InChI is InChI=1S/C17H25N3/c1-2-11-20-16-10-6-5-9-15(16)19-17(20)12-14(18)13-7-3-4-8-13/h5-6,9-10,13-14H,2-4,7-8,11-12,18H2,1H3. The zero-order valence-electron chi connectivity index (χ0n) is 12.4. The highest BCUT2D eigenvalue weighted by molar-refractivity contribution is 5.75. The lowest BCUT2D eigenvalue weighted by Gasteiger charge is -2.19. The minimum Gasteiger partial charge on any atom is -0.328 e. The lowest BCUT2D eigenvalue weighted by Crippen LogP contribution is -2.31. The van der Waals surface area contributed by atoms with Crippen LogP contribution in [0, 0.1) is 5.92 Å². The van der Waals surface area contributed by atoms with Crippen molar-refractivity contribution in [1.29, 1.82) is 0 Å². The van der Waals surface area contributed by atoms with Crippen molar-refractivity contribution >= 4 is 11.0 Å². The van der Waals surface area contributed by atoms with Crippen LogP contribution in [0.15, 0.2) is 24.3 Å². The Balaban J connectivity index is 1.87. The number of para-hydroxylation sites is 2. The van der Waals surface area contributed by atoms with E-state index >= 15 is 0 Å². The van der Waals surface area contributed by atoms with Crippen LogP contribution in [0.3, 0.4) is 0 Å². The first kappa shape index (κ1) is 13.6. The largest absolute Gasteiger partial charge is 0.328 e. The first-order chi connectivity index (χ1) is 9.79. The summed E-state index contributed by atoms with van der Waals surface area (Å²) in [5.41, 5.74) is 8.80. The van der Waals surface area contributed by atoms with Gasteiger partial charge in [0.05, 0.1) is 11.0 Å². The number of hydrogen-bond acceptors (Lipinski definition) is 2. The summed E-state index contributed by atoms with van der Waals surface area (Å²) in [4.78, 5) is 4.83. The van der Waals surface area contributed by atoms with Gasteiger partial charge < -0.3 is 10.3 Å². The molecule has 0 aliphatic heterocycles. The number of nitrogens with two attached hydrogens (primary N) is 1. The van der Waals surface area contributed by atoms with E-state index in [9.17, 15) is 0 Å². The van der Waals surface area contributed by atoms with Crippen molar-refractivity contribution in [2.45, 2.75) is 58.0 Å². The zero-order chi connectivity index (χ0) is 13.9. The summed E-state index contributed by atoms with van der Waals surface area (Å²) < 4.78 is 2.37. The van der Waals surface area contributed by atoms with Gasteiger partial charge in [0.2, 0.25) is 0 Å². The highest BCUT2D eigenvalue weighted by Gasteiger charge is 2.24. The smallest absolute Gasteiger partial charge is 0.111 e. The molecule has 1 aromatic heterocycles. The molecule has 3 nitrogen and oxygen atoms in total. The molecule has 0 amide bonds. The van der Waals surface area contributed by atoms with Gasteiger partial charge in [0, 0.05) is 19.0 Å². The molecule has 1 heterocycles. The summed E-state index contributed by atoms with van der Waals surface area (Å²) in [5, 5.41) is 0. The fourth-order valence-corrected chi connectivity index (χ4v) is 3.52. The molecule has 1 aliphatic rings. The van der Waals surface area contributed by atoms with Crippen molar-refractivity contribution in [3.8, 4) is 0 Å². The van der Waals surface area contributed by atoms with Crippen LogP contribution in [0.5, 0.6) is 0 Å². The first-order valence-corrected chi connectivity index (χ1v) is 7.99. The molecule has 0 spiro atoms. The quantitative estimate of drug-likeness (QED) is 0.904. The number of rotatable bonds is 5. The van der Waals surface area contributed by atoms with Crippen molar-refractivity contribution in [3.63, 3.8) is 0 Å². The van der Waals surface area contributed by atoms with Crippen LogP contribution in [0.1, 0.15) is 44.9 Å². The van der Waals surface area contributed by atoms with Crippen molar-refractivity contribution in [1.82, 2.24) is 9.55 Å². The third-order valence-corrected chi connectivity index (χ3v) is 4.60. The van der Waals surface area contributed by atoms with Crippen molar-refractivity contribution in [2.24, 2.45) is 11.7 Å². The molecule has 2 N–H and O–H groups in total. The van der Waals surface area contributed by atoms with Crippen LogP contribution in [-0.2, 0) is 13.0 Å². The van der Waals surface area contributed by atoms with E-state index in [4.69, 9.17) is 10.7 Å². The van der Waals surface area contributed by atoms with Gasteiger partial charge in [-0.1, -0.05) is 31.9 Å². The minimum absolute atomic E-state index is 0.268. The zero-order valence-corrected chi connectivity index (χ0v) is 12.4. The molecule has 0 radical (unpaired) electrons. The molecule has 1 saturated carbocycles. The second-order valence-electron chi connectivity index (χ2n) is 6.08. The maximum atomic E-state index is 6.44. The van der Waals surface area contributed by atoms with E-state index in [1.807, 2.05) is 0 Å². The van der Waals surface area contributed by atoms with Gasteiger partial charge in [0.25, 0.3) is 0 Å². The number of fused-ring (bicyclic) bond motifs is 1. The molecule has 3 rings (SSSR count). The molecule has 3 heteroatoms. The highest BCUT2D eigenvalue weighted by Crippen LogP contribution is 2.28. The second kappa shape index (κ2) is 5.96. The van der Waals surface area contributed by atoms with Gasteiger partial charge in [0.1, 0.15) is 5.82 Å². The number of benzene rings is 1. The number of imidazole rings is 1. The molecule has 20 heavy (non-hydrogen) atoms. The van der Waals surface area contributed by atoms with Crippen LogP contribution in [-0.4, -0.2) is 15.6 Å². The summed E-state index contributed by atoms with van der Waals surface area (Å²) in [6.45, 7) is 3.25. The molecule has 0 saturated heterocycles. The fraction of sp³-hybridized carbons (Fsp3) is 0.588. The Morgan fingerprint density at radius 3 is 2.80 bits per heavy atom. The van der Waals surface area contributed by atoms with E-state index in [2.05, 4.69) is 35.8 Å². The minimum atomic E-state index is 0.268. The second-order valence-corrected chi connectivity index (χ2v) is 6.08. The van der Waals surface area contributed by atoms with Crippen molar-refractivity contribution < 1.29 is 0 Å². The number of nitrogens with zero attached hydrogens (tertiary/aromatic N) is 2. The van der Waals surface area contributed by atoms with E-state index in [0.717, 1.165) is 24.9 Å². The average Bonchev–Trinajstić information content (AvgIpc) is 3.08. The summed E-state index contributed by atoms with van der Waals surface area (Å²) >= 11 is 0. The van der Waals surface area contributed by atoms with Crippen molar-refractivity contribution in [2.75, 3.05) is 0 Å². The van der Waals surface area contributed by atoms with Crippen LogP contribution in [0.25, 0.3) is 11.0 Å². The highest BCUT2D eigenvalue weighted by atomic mass is 15.1. The summed E-state index contributed by atoms with van der Waals surface area (Å²) in [6.07, 6.45) is 7.35. The number of aromatic nitrogens is 2. The molecular formula is C17H25N3. The molecule has 0 bridgehead atoms. The fourth-order valence-electron chi connectivity index (χ4n) is 3.52. The number of hydrogen-bond donors (Lipinski definition) is 1. The predicted octanol–water partition coefficient (Wildman–Crippen LogP) is 3.51. The Morgan fingerprint density at radius 2 is 2.05 bits per heavy atom. The van der Waals surface area contributed by atoms with E-state index in [1.54, 1.807) is 0 Å². The predicted molar refractivity (Wildman–Crippen MR) is 83.7 cm³/mol. The maximum Gasteiger partial charge on any atom is 0.111 e. The summed E-state index contributed by atoms with van der Waals surface area (Å²) in [7, 11) is 0. The molecule has 108 valence electrons. The summed E-state index contributed by atoms with van der Waals surface area (Å²) in [6, 6.07) is 8.70. The van der Waals surface area contributed by atoms with E-state index in [1.165, 1.54) is 37.0 Å². The Morgan fingerprint density at radius 1 is 1.30 bits per heavy atom. The van der Waals surface area contributed by atoms with Gasteiger partial charge >= 0.3 is 0 Å². The van der Waals surface area contributed by atoms with Crippen LogP contribution >= 0.6 is 0 Å². The van der Waals surface area contributed by atoms with Gasteiger partial charge in [-0.25, -0.2) is 4.98 Å². The third kappa shape index (κ3) is 2.59. The lowest BCUT2D eigenvalue weighted by molar-refractivity contribution is 0.418. The first-order valence-electron chi connectivity index (χ1n) is 7.99. The Hall–Kier alpha value is -1.35. The van der Waals surface area contributed by atoms with Gasteiger partial charge in [0.15, 0.2) is 0 Å². The Kier molecular flexibility index (Phi) is 4.06. The molecule has 1 unspecified atom stereocenters. The molecular weight excluding hydrogens is 246 g/mol. The topological polar surface area (TPSA) is 43.8 Å². The van der Waals surface area contributed by atoms with Gasteiger partial charge in [-0.05, 0) is 37.3 Å². The van der Waals surface area contributed by atoms with Crippen LogP contribution in [0.2, 0.25) is 0 Å². The number of aryl methyl sites for hydroxylation is 1. The summed E-state index contributed by atoms with van der Waals surface area (Å²) in [5.74, 6) is 1.87. The SMILES string of the molecule is CCCn1c(CC(N)C2CCCC2)nc2ccccc21. The molecule has 1 aliphatic carbocycles. The van der Waals surface area contributed by atoms with Crippen LogP contribution < -0.4 is 5.73 Å². The van der Waals surface area contributed by atoms with Crippen LogP contribution in [0.4, 0.5) is 0 Å². The van der Waals surface area contributed by atoms with E-state index in [-0.39, 0.29) is 6.04 Å².